The van der Waals surface area contributed by atoms with Crippen LogP contribution in [-0.2, 0) is 11.3 Å². The van der Waals surface area contributed by atoms with E-state index in [2.05, 4.69) is 4.90 Å². The lowest BCUT2D eigenvalue weighted by atomic mass is 10.1. The van der Waals surface area contributed by atoms with Gasteiger partial charge in [-0.3, -0.25) is 4.90 Å². The van der Waals surface area contributed by atoms with E-state index < -0.39 is 0 Å². The number of nitrogens with two attached hydrogens (primary N) is 1. The summed E-state index contributed by atoms with van der Waals surface area (Å²) in [6.45, 7) is 2.60. The second kappa shape index (κ2) is 5.44. The number of nitrogen functional groups attached to an aromatic ring is 1. The first-order valence-corrected chi connectivity index (χ1v) is 5.67. The minimum atomic E-state index is -0.327. The van der Waals surface area contributed by atoms with Gasteiger partial charge >= 0.3 is 0 Å². The summed E-state index contributed by atoms with van der Waals surface area (Å²) in [7, 11) is 0. The number of aliphatic hydroxyl groups is 1. The van der Waals surface area contributed by atoms with Crippen molar-refractivity contribution in [1.82, 2.24) is 4.90 Å². The van der Waals surface area contributed by atoms with Gasteiger partial charge in [-0.2, -0.15) is 0 Å². The van der Waals surface area contributed by atoms with Gasteiger partial charge in [-0.1, -0.05) is 6.07 Å². The first-order chi connectivity index (χ1) is 8.20. The number of nitrogens with zero attached hydrogens (tertiary/aromatic N) is 1. The molecule has 0 aliphatic carbocycles. The van der Waals surface area contributed by atoms with E-state index in [0.717, 1.165) is 12.1 Å². The van der Waals surface area contributed by atoms with Crippen molar-refractivity contribution in [3.8, 4) is 0 Å². The molecule has 4 nitrogen and oxygen atoms in total. The number of rotatable bonds is 3. The van der Waals surface area contributed by atoms with Crippen LogP contribution in [0.1, 0.15) is 5.56 Å². The Kier molecular flexibility index (Phi) is 3.93. The number of ether oxygens (including phenoxy) is 1. The molecule has 17 heavy (non-hydrogen) atoms. The summed E-state index contributed by atoms with van der Waals surface area (Å²) < 4.78 is 18.2. The van der Waals surface area contributed by atoms with Crippen LogP contribution in [0.4, 0.5) is 10.1 Å². The normalized spacial score (nSPS) is 21.6. The average Bonchev–Trinajstić information content (AvgIpc) is 2.33. The summed E-state index contributed by atoms with van der Waals surface area (Å²) in [4.78, 5) is 2.10. The number of hydrogen-bond donors (Lipinski definition) is 2. The van der Waals surface area contributed by atoms with E-state index in [1.165, 1.54) is 12.1 Å². The smallest absolute Gasteiger partial charge is 0.125 e. The summed E-state index contributed by atoms with van der Waals surface area (Å²) in [6.07, 6.45) is 0. The number of morpholine rings is 1. The standard InChI is InChI=1S/C12H17FN2O2/c13-10-2-1-9(12(14)5-10)6-15-3-4-17-8-11(15)7-16/h1-2,5,11,16H,3-4,6-8,14H2. The van der Waals surface area contributed by atoms with Crippen LogP contribution in [0.15, 0.2) is 18.2 Å². The van der Waals surface area contributed by atoms with Gasteiger partial charge in [-0.25, -0.2) is 4.39 Å². The molecular weight excluding hydrogens is 223 g/mol. The molecule has 1 unspecified atom stereocenters. The van der Waals surface area contributed by atoms with Crippen LogP contribution in [0.2, 0.25) is 0 Å². The predicted octanol–water partition coefficient (Wildman–Crippen LogP) is 0.601. The molecule has 1 heterocycles. The lowest BCUT2D eigenvalue weighted by Crippen LogP contribution is -2.46. The van der Waals surface area contributed by atoms with Crippen LogP contribution in [0, 0.1) is 5.82 Å². The molecule has 1 saturated heterocycles. The van der Waals surface area contributed by atoms with Gasteiger partial charge in [0.15, 0.2) is 0 Å². The molecule has 0 radical (unpaired) electrons. The highest BCUT2D eigenvalue weighted by Crippen LogP contribution is 2.18. The van der Waals surface area contributed by atoms with Crippen LogP contribution < -0.4 is 5.73 Å². The number of benzene rings is 1. The Morgan fingerprint density at radius 1 is 1.53 bits per heavy atom. The number of anilines is 1. The molecule has 1 aliphatic heterocycles. The van der Waals surface area contributed by atoms with Gasteiger partial charge in [0.1, 0.15) is 5.82 Å². The minimum Gasteiger partial charge on any atom is -0.398 e. The molecule has 1 aromatic carbocycles. The minimum absolute atomic E-state index is 0.00629. The van der Waals surface area contributed by atoms with E-state index in [1.54, 1.807) is 6.07 Å². The fourth-order valence-electron chi connectivity index (χ4n) is 1.99. The topological polar surface area (TPSA) is 58.7 Å². The highest BCUT2D eigenvalue weighted by Gasteiger charge is 2.22. The van der Waals surface area contributed by atoms with Gasteiger partial charge in [0.25, 0.3) is 0 Å². The first-order valence-electron chi connectivity index (χ1n) is 5.67. The number of hydrogen-bond acceptors (Lipinski definition) is 4. The van der Waals surface area contributed by atoms with Crippen molar-refractivity contribution >= 4 is 5.69 Å². The third kappa shape index (κ3) is 2.94. The van der Waals surface area contributed by atoms with E-state index in [0.29, 0.717) is 25.4 Å². The van der Waals surface area contributed by atoms with Crippen LogP contribution in [0.5, 0.6) is 0 Å². The third-order valence-electron chi connectivity index (χ3n) is 3.04. The molecule has 94 valence electrons. The summed E-state index contributed by atoms with van der Waals surface area (Å²) >= 11 is 0. The van der Waals surface area contributed by atoms with Crippen molar-refractivity contribution in [2.24, 2.45) is 0 Å². The Hall–Kier alpha value is -1.17. The average molecular weight is 240 g/mol. The second-order valence-electron chi connectivity index (χ2n) is 4.22. The monoisotopic (exact) mass is 240 g/mol. The van der Waals surface area contributed by atoms with Crippen LogP contribution in [0.25, 0.3) is 0 Å². The van der Waals surface area contributed by atoms with Crippen molar-refractivity contribution in [2.75, 3.05) is 32.1 Å². The van der Waals surface area contributed by atoms with Gasteiger partial charge in [0.2, 0.25) is 0 Å². The SMILES string of the molecule is Nc1cc(F)ccc1CN1CCOCC1CO. The summed E-state index contributed by atoms with van der Waals surface area (Å²) in [6, 6.07) is 4.41. The van der Waals surface area contributed by atoms with E-state index >= 15 is 0 Å². The molecular formula is C12H17FN2O2. The summed E-state index contributed by atoms with van der Waals surface area (Å²) in [5.74, 6) is -0.327. The zero-order valence-electron chi connectivity index (χ0n) is 9.60. The Labute approximate surface area is 99.8 Å². The third-order valence-corrected chi connectivity index (χ3v) is 3.04. The fourth-order valence-corrected chi connectivity index (χ4v) is 1.99. The molecule has 1 aliphatic rings. The highest BCUT2D eigenvalue weighted by atomic mass is 19.1. The Balaban J connectivity index is 2.08. The molecule has 5 heteroatoms. The van der Waals surface area contributed by atoms with Gasteiger partial charge in [-0.15, -0.1) is 0 Å². The predicted molar refractivity (Wildman–Crippen MR) is 62.9 cm³/mol. The number of halogens is 1. The zero-order valence-corrected chi connectivity index (χ0v) is 9.60. The van der Waals surface area contributed by atoms with Crippen LogP contribution in [0.3, 0.4) is 0 Å². The van der Waals surface area contributed by atoms with Crippen molar-refractivity contribution in [1.29, 1.82) is 0 Å². The lowest BCUT2D eigenvalue weighted by Gasteiger charge is -2.34. The molecule has 1 fully saturated rings. The Morgan fingerprint density at radius 2 is 2.35 bits per heavy atom. The van der Waals surface area contributed by atoms with E-state index in [1.807, 2.05) is 0 Å². The van der Waals surface area contributed by atoms with E-state index in [-0.39, 0.29) is 18.5 Å². The van der Waals surface area contributed by atoms with Crippen LogP contribution in [-0.4, -0.2) is 42.4 Å². The van der Waals surface area contributed by atoms with Gasteiger partial charge < -0.3 is 15.6 Å². The van der Waals surface area contributed by atoms with Crippen molar-refractivity contribution in [2.45, 2.75) is 12.6 Å². The molecule has 2 rings (SSSR count). The van der Waals surface area contributed by atoms with Crippen molar-refractivity contribution < 1.29 is 14.2 Å². The molecule has 3 N–H and O–H groups in total. The summed E-state index contributed by atoms with van der Waals surface area (Å²) in [5.41, 5.74) is 7.10. The molecule has 1 atom stereocenters. The summed E-state index contributed by atoms with van der Waals surface area (Å²) in [5, 5.41) is 9.24. The Morgan fingerprint density at radius 3 is 3.06 bits per heavy atom. The van der Waals surface area contributed by atoms with E-state index in [4.69, 9.17) is 10.5 Å². The van der Waals surface area contributed by atoms with E-state index in [9.17, 15) is 9.50 Å². The maximum atomic E-state index is 12.9. The lowest BCUT2D eigenvalue weighted by molar-refractivity contribution is -0.0311. The van der Waals surface area contributed by atoms with Gasteiger partial charge in [-0.05, 0) is 17.7 Å². The molecule has 0 spiro atoms. The molecule has 1 aromatic rings. The maximum Gasteiger partial charge on any atom is 0.125 e. The van der Waals surface area contributed by atoms with Crippen molar-refractivity contribution in [3.05, 3.63) is 29.6 Å². The molecule has 0 amide bonds. The van der Waals surface area contributed by atoms with Crippen LogP contribution >= 0.6 is 0 Å². The van der Waals surface area contributed by atoms with Gasteiger partial charge in [0.05, 0.1) is 25.9 Å². The first kappa shape index (κ1) is 12.3. The zero-order chi connectivity index (χ0) is 12.3. The quantitative estimate of drug-likeness (QED) is 0.760. The Bertz CT molecular complexity index is 387. The maximum absolute atomic E-state index is 12.9. The van der Waals surface area contributed by atoms with Gasteiger partial charge in [0, 0.05) is 18.8 Å². The fraction of sp³-hybridized carbons (Fsp3) is 0.500. The van der Waals surface area contributed by atoms with Crippen molar-refractivity contribution in [3.63, 3.8) is 0 Å². The molecule has 0 bridgehead atoms. The highest BCUT2D eigenvalue weighted by molar-refractivity contribution is 5.46. The number of aliphatic hydroxyl groups excluding tert-OH is 1. The second-order valence-corrected chi connectivity index (χ2v) is 4.22. The molecule has 0 saturated carbocycles. The largest absolute Gasteiger partial charge is 0.398 e. The molecule has 0 aromatic heterocycles.